The van der Waals surface area contributed by atoms with E-state index in [1.165, 1.54) is 30.0 Å². The maximum Gasteiger partial charge on any atom is 0.136 e. The van der Waals surface area contributed by atoms with Crippen molar-refractivity contribution in [3.63, 3.8) is 0 Å². The molecule has 1 aromatic heterocycles. The third-order valence-electron chi connectivity index (χ3n) is 4.08. The van der Waals surface area contributed by atoms with E-state index in [1.807, 2.05) is 6.20 Å². The summed E-state index contributed by atoms with van der Waals surface area (Å²) in [6, 6.07) is 9.04. The quantitative estimate of drug-likeness (QED) is 0.757. The van der Waals surface area contributed by atoms with E-state index in [0.29, 0.717) is 11.9 Å². The van der Waals surface area contributed by atoms with E-state index in [-0.39, 0.29) is 0 Å². The highest BCUT2D eigenvalue weighted by Crippen LogP contribution is 2.31. The van der Waals surface area contributed by atoms with E-state index in [9.17, 15) is 0 Å². The zero-order valence-electron chi connectivity index (χ0n) is 11.3. The fourth-order valence-corrected chi connectivity index (χ4v) is 3.20. The molecule has 3 rings (SSSR count). The zero-order chi connectivity index (χ0) is 13.2. The van der Waals surface area contributed by atoms with Gasteiger partial charge in [-0.25, -0.2) is 4.98 Å². The predicted molar refractivity (Wildman–Crippen MR) is 82.0 cm³/mol. The molecule has 0 amide bonds. The van der Waals surface area contributed by atoms with Crippen LogP contribution in [-0.4, -0.2) is 17.6 Å². The third-order valence-corrected chi connectivity index (χ3v) is 4.36. The molecule has 0 N–H and O–H groups in total. The van der Waals surface area contributed by atoms with Crippen LogP contribution in [0, 0.1) is 0 Å². The van der Waals surface area contributed by atoms with Gasteiger partial charge in [0.1, 0.15) is 5.82 Å². The summed E-state index contributed by atoms with van der Waals surface area (Å²) in [6.07, 6.45) is 5.78. The minimum absolute atomic E-state index is 0.517. The largest absolute Gasteiger partial charge is 0.353 e. The molecule has 1 fully saturated rings. The lowest BCUT2D eigenvalue weighted by atomic mass is 10.0. The molecule has 0 radical (unpaired) electrons. The van der Waals surface area contributed by atoms with Gasteiger partial charge in [-0.05, 0) is 37.1 Å². The van der Waals surface area contributed by atoms with E-state index in [4.69, 9.17) is 16.6 Å². The molecule has 0 saturated carbocycles. The molecule has 1 atom stereocenters. The molecule has 0 aliphatic carbocycles. The molecule has 2 aromatic rings. The molecule has 1 aliphatic rings. The number of rotatable bonds is 2. The fourth-order valence-electron chi connectivity index (χ4n) is 2.98. The number of nitrogens with zero attached hydrogens (tertiary/aromatic N) is 2. The van der Waals surface area contributed by atoms with Crippen LogP contribution < -0.4 is 4.90 Å². The van der Waals surface area contributed by atoms with Gasteiger partial charge in [-0.2, -0.15) is 0 Å². The summed E-state index contributed by atoms with van der Waals surface area (Å²) in [5.74, 6) is 1.64. The smallest absolute Gasteiger partial charge is 0.136 e. The first-order valence-electron chi connectivity index (χ1n) is 7.00. The van der Waals surface area contributed by atoms with Crippen molar-refractivity contribution in [3.05, 3.63) is 36.0 Å². The lowest BCUT2D eigenvalue weighted by molar-refractivity contribution is 0.482. The number of benzene rings is 1. The number of fused-ring (bicyclic) bond motifs is 1. The predicted octanol–water partition coefficient (Wildman–Crippen LogP) is 4.35. The lowest BCUT2D eigenvalue weighted by Crippen LogP contribution is -2.38. The first-order chi connectivity index (χ1) is 9.31. The third kappa shape index (κ3) is 2.30. The molecule has 0 spiro atoms. The Morgan fingerprint density at radius 2 is 2.05 bits per heavy atom. The second-order valence-electron chi connectivity index (χ2n) is 5.32. The van der Waals surface area contributed by atoms with Gasteiger partial charge in [0.25, 0.3) is 0 Å². The highest BCUT2D eigenvalue weighted by molar-refractivity contribution is 6.18. The second kappa shape index (κ2) is 5.38. The summed E-state index contributed by atoms with van der Waals surface area (Å²) in [5, 5.41) is 2.47. The number of aromatic nitrogens is 1. The van der Waals surface area contributed by atoms with Gasteiger partial charge in [0.2, 0.25) is 0 Å². The number of halogens is 1. The van der Waals surface area contributed by atoms with Crippen molar-refractivity contribution in [1.29, 1.82) is 0 Å². The Labute approximate surface area is 119 Å². The van der Waals surface area contributed by atoms with Crippen LogP contribution in [0.4, 0.5) is 5.82 Å². The molecule has 1 saturated heterocycles. The van der Waals surface area contributed by atoms with Gasteiger partial charge in [-0.1, -0.05) is 24.3 Å². The Balaban J connectivity index is 2.13. The first kappa shape index (κ1) is 12.7. The van der Waals surface area contributed by atoms with Crippen molar-refractivity contribution in [2.24, 2.45) is 0 Å². The number of alkyl halides is 1. The highest BCUT2D eigenvalue weighted by atomic mass is 35.5. The highest BCUT2D eigenvalue weighted by Gasteiger charge is 2.21. The molecular formula is C16H19ClN2. The topological polar surface area (TPSA) is 16.1 Å². The van der Waals surface area contributed by atoms with Gasteiger partial charge in [0.05, 0.1) is 0 Å². The van der Waals surface area contributed by atoms with Crippen molar-refractivity contribution in [1.82, 2.24) is 4.98 Å². The number of hydrogen-bond donors (Lipinski definition) is 0. The summed E-state index contributed by atoms with van der Waals surface area (Å²) in [7, 11) is 0. The van der Waals surface area contributed by atoms with Gasteiger partial charge < -0.3 is 4.90 Å². The van der Waals surface area contributed by atoms with Gasteiger partial charge in [0, 0.05) is 30.0 Å². The van der Waals surface area contributed by atoms with E-state index < -0.39 is 0 Å². The van der Waals surface area contributed by atoms with Crippen LogP contribution in [0.25, 0.3) is 10.8 Å². The van der Waals surface area contributed by atoms with Gasteiger partial charge in [0.15, 0.2) is 0 Å². The van der Waals surface area contributed by atoms with Crippen LogP contribution in [0.15, 0.2) is 30.5 Å². The molecule has 2 heterocycles. The van der Waals surface area contributed by atoms with Crippen LogP contribution >= 0.6 is 11.6 Å². The van der Waals surface area contributed by atoms with Gasteiger partial charge in [-0.3, -0.25) is 0 Å². The zero-order valence-corrected chi connectivity index (χ0v) is 12.0. The van der Waals surface area contributed by atoms with E-state index in [2.05, 4.69) is 36.1 Å². The molecule has 19 heavy (non-hydrogen) atoms. The standard InChI is InChI=1S/C16H19ClN2/c1-12-6-4-5-9-19(12)16-15-8-3-2-7-14(15)13(10-17)11-18-16/h2-3,7-8,11-12H,4-6,9-10H2,1H3. The summed E-state index contributed by atoms with van der Waals surface area (Å²) in [5.41, 5.74) is 1.12. The summed E-state index contributed by atoms with van der Waals surface area (Å²) in [6.45, 7) is 3.41. The Morgan fingerprint density at radius 3 is 2.79 bits per heavy atom. The Bertz CT molecular complexity index is 582. The van der Waals surface area contributed by atoms with Crippen LogP contribution in [0.5, 0.6) is 0 Å². The molecule has 1 unspecified atom stereocenters. The van der Waals surface area contributed by atoms with Crippen LogP contribution in [-0.2, 0) is 5.88 Å². The number of pyridine rings is 1. The normalized spacial score (nSPS) is 19.9. The lowest BCUT2D eigenvalue weighted by Gasteiger charge is -2.35. The molecule has 3 heteroatoms. The minimum atomic E-state index is 0.517. The molecule has 100 valence electrons. The number of piperidine rings is 1. The van der Waals surface area contributed by atoms with E-state index in [1.54, 1.807) is 0 Å². The minimum Gasteiger partial charge on any atom is -0.353 e. The van der Waals surface area contributed by atoms with E-state index >= 15 is 0 Å². The van der Waals surface area contributed by atoms with Gasteiger partial charge in [-0.15, -0.1) is 11.6 Å². The summed E-state index contributed by atoms with van der Waals surface area (Å²) < 4.78 is 0. The Hall–Kier alpha value is -1.28. The van der Waals surface area contributed by atoms with Crippen LogP contribution in [0.2, 0.25) is 0 Å². The average Bonchev–Trinajstić information content (AvgIpc) is 2.47. The Kier molecular flexibility index (Phi) is 3.61. The Morgan fingerprint density at radius 1 is 1.26 bits per heavy atom. The fraction of sp³-hybridized carbons (Fsp3) is 0.438. The molecule has 2 nitrogen and oxygen atoms in total. The summed E-state index contributed by atoms with van der Waals surface area (Å²) >= 11 is 6.02. The van der Waals surface area contributed by atoms with E-state index in [0.717, 1.165) is 17.9 Å². The molecule has 0 bridgehead atoms. The van der Waals surface area contributed by atoms with Crippen molar-refractivity contribution < 1.29 is 0 Å². The first-order valence-corrected chi connectivity index (χ1v) is 7.54. The van der Waals surface area contributed by atoms with Crippen LogP contribution in [0.1, 0.15) is 31.7 Å². The molecule has 1 aromatic carbocycles. The number of hydrogen-bond acceptors (Lipinski definition) is 2. The maximum absolute atomic E-state index is 6.02. The van der Waals surface area contributed by atoms with Crippen molar-refractivity contribution in [2.45, 2.75) is 38.1 Å². The molecule has 1 aliphatic heterocycles. The SMILES string of the molecule is CC1CCCCN1c1ncc(CCl)c2ccccc12. The van der Waals surface area contributed by atoms with Crippen molar-refractivity contribution >= 4 is 28.2 Å². The number of anilines is 1. The van der Waals surface area contributed by atoms with Crippen molar-refractivity contribution in [2.75, 3.05) is 11.4 Å². The molecular weight excluding hydrogens is 256 g/mol. The average molecular weight is 275 g/mol. The van der Waals surface area contributed by atoms with Crippen molar-refractivity contribution in [3.8, 4) is 0 Å². The van der Waals surface area contributed by atoms with Crippen LogP contribution in [0.3, 0.4) is 0 Å². The second-order valence-corrected chi connectivity index (χ2v) is 5.59. The van der Waals surface area contributed by atoms with Gasteiger partial charge >= 0.3 is 0 Å². The monoisotopic (exact) mass is 274 g/mol. The maximum atomic E-state index is 6.02. The summed E-state index contributed by atoms with van der Waals surface area (Å²) in [4.78, 5) is 7.14.